The van der Waals surface area contributed by atoms with Crippen LogP contribution in [0.4, 0.5) is 0 Å². The fraction of sp³-hybridized carbons (Fsp3) is 0.364. The Labute approximate surface area is 78.8 Å². The maximum absolute atomic E-state index is 11.1. The largest absolute Gasteiger partial charge is 0.366 e. The number of carbonyl (C=O) groups excluding carboxylic acids is 1. The number of primary amides is 1. The summed E-state index contributed by atoms with van der Waals surface area (Å²) in [5, 5.41) is 0. The molecule has 2 heteroatoms. The number of hydrogen-bond acceptors (Lipinski definition) is 1. The molecule has 0 aliphatic heterocycles. The first-order valence-electron chi connectivity index (χ1n) is 4.32. The molecular formula is C11H15NO. The maximum Gasteiger partial charge on any atom is 0.249 e. The molecule has 13 heavy (non-hydrogen) atoms. The number of carbonyl (C=O) groups is 1. The van der Waals surface area contributed by atoms with E-state index in [1.807, 2.05) is 33.8 Å². The molecule has 0 radical (unpaired) electrons. The van der Waals surface area contributed by atoms with Crippen molar-refractivity contribution < 1.29 is 4.79 Å². The van der Waals surface area contributed by atoms with Crippen LogP contribution in [-0.2, 0) is 0 Å². The fourth-order valence-electron chi connectivity index (χ4n) is 1.66. The van der Waals surface area contributed by atoms with Crippen LogP contribution < -0.4 is 5.73 Å². The van der Waals surface area contributed by atoms with Crippen molar-refractivity contribution in [1.82, 2.24) is 0 Å². The Hall–Kier alpha value is -1.31. The van der Waals surface area contributed by atoms with E-state index in [1.54, 1.807) is 0 Å². The van der Waals surface area contributed by atoms with Gasteiger partial charge in [0.2, 0.25) is 5.91 Å². The van der Waals surface area contributed by atoms with Gasteiger partial charge in [0.15, 0.2) is 0 Å². The third kappa shape index (κ3) is 1.57. The Kier molecular flexibility index (Phi) is 2.41. The summed E-state index contributed by atoms with van der Waals surface area (Å²) in [5.41, 5.74) is 10.3. The maximum atomic E-state index is 11.1. The van der Waals surface area contributed by atoms with Gasteiger partial charge >= 0.3 is 0 Å². The lowest BCUT2D eigenvalue weighted by molar-refractivity contribution is 0.0999. The molecule has 0 spiro atoms. The van der Waals surface area contributed by atoms with Gasteiger partial charge in [0.25, 0.3) is 0 Å². The predicted octanol–water partition coefficient (Wildman–Crippen LogP) is 2.02. The fourth-order valence-corrected chi connectivity index (χ4v) is 1.66. The molecule has 0 fully saturated rings. The van der Waals surface area contributed by atoms with E-state index in [0.717, 1.165) is 16.7 Å². The summed E-state index contributed by atoms with van der Waals surface area (Å²) >= 11 is 0. The van der Waals surface area contributed by atoms with E-state index in [-0.39, 0.29) is 5.91 Å². The van der Waals surface area contributed by atoms with Crippen LogP contribution in [0.1, 0.15) is 32.6 Å². The van der Waals surface area contributed by atoms with Crippen LogP contribution in [0.15, 0.2) is 6.07 Å². The normalized spacial score (nSPS) is 10.2. The second-order valence-electron chi connectivity index (χ2n) is 3.50. The number of hydrogen-bond donors (Lipinski definition) is 1. The van der Waals surface area contributed by atoms with Crippen LogP contribution in [0.2, 0.25) is 0 Å². The Morgan fingerprint density at radius 1 is 1.08 bits per heavy atom. The van der Waals surface area contributed by atoms with Gasteiger partial charge in [-0.3, -0.25) is 4.79 Å². The van der Waals surface area contributed by atoms with Crippen molar-refractivity contribution >= 4 is 5.91 Å². The molecule has 1 aromatic carbocycles. The molecule has 0 saturated heterocycles. The minimum Gasteiger partial charge on any atom is -0.366 e. The molecule has 1 amide bonds. The predicted molar refractivity (Wildman–Crippen MR) is 53.9 cm³/mol. The molecule has 0 saturated carbocycles. The summed E-state index contributed by atoms with van der Waals surface area (Å²) in [6, 6.07) is 2.00. The molecule has 0 unspecified atom stereocenters. The number of amides is 1. The first-order valence-corrected chi connectivity index (χ1v) is 4.32. The molecule has 1 rings (SSSR count). The van der Waals surface area contributed by atoms with E-state index in [2.05, 4.69) is 0 Å². The van der Waals surface area contributed by atoms with Gasteiger partial charge in [-0.1, -0.05) is 6.07 Å². The third-order valence-electron chi connectivity index (χ3n) is 2.60. The van der Waals surface area contributed by atoms with Gasteiger partial charge in [0.1, 0.15) is 0 Å². The van der Waals surface area contributed by atoms with E-state index < -0.39 is 0 Å². The molecule has 0 aliphatic carbocycles. The van der Waals surface area contributed by atoms with Gasteiger partial charge < -0.3 is 5.73 Å². The summed E-state index contributed by atoms with van der Waals surface area (Å²) < 4.78 is 0. The van der Waals surface area contributed by atoms with E-state index in [4.69, 9.17) is 5.73 Å². The SMILES string of the molecule is Cc1cc(C)c(C(N)=O)c(C)c1C. The molecule has 0 bridgehead atoms. The number of benzene rings is 1. The lowest BCUT2D eigenvalue weighted by atomic mass is 9.94. The highest BCUT2D eigenvalue weighted by atomic mass is 16.1. The van der Waals surface area contributed by atoms with Gasteiger partial charge in [-0.25, -0.2) is 0 Å². The zero-order chi connectivity index (χ0) is 10.2. The van der Waals surface area contributed by atoms with Gasteiger partial charge in [-0.15, -0.1) is 0 Å². The van der Waals surface area contributed by atoms with E-state index in [0.29, 0.717) is 5.56 Å². The van der Waals surface area contributed by atoms with Crippen molar-refractivity contribution in [2.24, 2.45) is 5.73 Å². The third-order valence-corrected chi connectivity index (χ3v) is 2.60. The van der Waals surface area contributed by atoms with E-state index in [9.17, 15) is 4.79 Å². The molecule has 1 aromatic rings. The van der Waals surface area contributed by atoms with Crippen molar-refractivity contribution in [3.8, 4) is 0 Å². The quantitative estimate of drug-likeness (QED) is 0.700. The van der Waals surface area contributed by atoms with Crippen molar-refractivity contribution in [2.75, 3.05) is 0 Å². The van der Waals surface area contributed by atoms with E-state index >= 15 is 0 Å². The van der Waals surface area contributed by atoms with Gasteiger partial charge in [-0.05, 0) is 49.9 Å². The number of nitrogens with two attached hydrogens (primary N) is 1. The molecule has 2 N–H and O–H groups in total. The van der Waals surface area contributed by atoms with Crippen LogP contribution in [0.25, 0.3) is 0 Å². The first-order chi connectivity index (χ1) is 5.95. The topological polar surface area (TPSA) is 43.1 Å². The Morgan fingerprint density at radius 3 is 2.08 bits per heavy atom. The number of aryl methyl sites for hydroxylation is 2. The second-order valence-corrected chi connectivity index (χ2v) is 3.50. The highest BCUT2D eigenvalue weighted by Crippen LogP contribution is 2.20. The average Bonchev–Trinajstić information content (AvgIpc) is 1.99. The molecule has 0 heterocycles. The van der Waals surface area contributed by atoms with Gasteiger partial charge in [0, 0.05) is 5.56 Å². The summed E-state index contributed by atoms with van der Waals surface area (Å²) in [4.78, 5) is 11.1. The molecule has 0 atom stereocenters. The minimum absolute atomic E-state index is 0.335. The highest BCUT2D eigenvalue weighted by Gasteiger charge is 2.11. The Morgan fingerprint density at radius 2 is 1.62 bits per heavy atom. The standard InChI is InChI=1S/C11H15NO/c1-6-5-7(2)10(11(12)13)9(4)8(6)3/h5H,1-4H3,(H2,12,13). The summed E-state index contributed by atoms with van der Waals surface area (Å²) in [6.07, 6.45) is 0. The van der Waals surface area contributed by atoms with Crippen LogP contribution in [0, 0.1) is 27.7 Å². The molecule has 0 aromatic heterocycles. The van der Waals surface area contributed by atoms with Crippen LogP contribution in [-0.4, -0.2) is 5.91 Å². The second kappa shape index (κ2) is 3.21. The van der Waals surface area contributed by atoms with Crippen LogP contribution in [0.5, 0.6) is 0 Å². The van der Waals surface area contributed by atoms with Crippen molar-refractivity contribution in [2.45, 2.75) is 27.7 Å². The summed E-state index contributed by atoms with van der Waals surface area (Å²) in [5.74, 6) is -0.335. The minimum atomic E-state index is -0.335. The smallest absolute Gasteiger partial charge is 0.249 e. The van der Waals surface area contributed by atoms with Crippen molar-refractivity contribution in [3.63, 3.8) is 0 Å². The Balaban J connectivity index is 3.53. The van der Waals surface area contributed by atoms with Gasteiger partial charge in [-0.2, -0.15) is 0 Å². The molecule has 70 valence electrons. The highest BCUT2D eigenvalue weighted by molar-refractivity contribution is 5.96. The van der Waals surface area contributed by atoms with Crippen molar-refractivity contribution in [1.29, 1.82) is 0 Å². The molecular weight excluding hydrogens is 162 g/mol. The first kappa shape index (κ1) is 9.78. The monoisotopic (exact) mass is 177 g/mol. The molecule has 0 aliphatic rings. The van der Waals surface area contributed by atoms with E-state index in [1.165, 1.54) is 5.56 Å². The summed E-state index contributed by atoms with van der Waals surface area (Å²) in [7, 11) is 0. The van der Waals surface area contributed by atoms with Crippen LogP contribution >= 0.6 is 0 Å². The zero-order valence-corrected chi connectivity index (χ0v) is 8.56. The lowest BCUT2D eigenvalue weighted by Gasteiger charge is -2.11. The number of rotatable bonds is 1. The Bertz CT molecular complexity index is 367. The van der Waals surface area contributed by atoms with Gasteiger partial charge in [0.05, 0.1) is 0 Å². The molecule has 2 nitrogen and oxygen atoms in total. The average molecular weight is 177 g/mol. The zero-order valence-electron chi connectivity index (χ0n) is 8.56. The lowest BCUT2D eigenvalue weighted by Crippen LogP contribution is -2.15. The van der Waals surface area contributed by atoms with Crippen molar-refractivity contribution in [3.05, 3.63) is 33.9 Å². The summed E-state index contributed by atoms with van der Waals surface area (Å²) in [6.45, 7) is 7.91. The van der Waals surface area contributed by atoms with Crippen LogP contribution in [0.3, 0.4) is 0 Å².